The Morgan fingerprint density at radius 3 is 2.61 bits per heavy atom. The third-order valence-corrected chi connectivity index (χ3v) is 4.19. The quantitative estimate of drug-likeness (QED) is 0.758. The van der Waals surface area contributed by atoms with E-state index in [1.807, 2.05) is 11.4 Å². The van der Waals surface area contributed by atoms with Gasteiger partial charge in [0.1, 0.15) is 6.61 Å². The molecule has 1 atom stereocenters. The number of thiophene rings is 1. The topological polar surface area (TPSA) is 21.3 Å². The van der Waals surface area contributed by atoms with Crippen molar-refractivity contribution in [3.8, 4) is 0 Å². The molecule has 0 radical (unpaired) electrons. The van der Waals surface area contributed by atoms with Gasteiger partial charge in [-0.2, -0.15) is 8.78 Å². The molecule has 18 heavy (non-hydrogen) atoms. The summed E-state index contributed by atoms with van der Waals surface area (Å²) < 4.78 is 54.6. The van der Waals surface area contributed by atoms with E-state index >= 15 is 0 Å². The summed E-state index contributed by atoms with van der Waals surface area (Å²) >= 11 is 4.73. The summed E-state index contributed by atoms with van der Waals surface area (Å²) in [5, 5.41) is 4.71. The molecule has 0 aromatic carbocycles. The van der Waals surface area contributed by atoms with Gasteiger partial charge in [-0.3, -0.25) is 0 Å². The van der Waals surface area contributed by atoms with Gasteiger partial charge in [0.05, 0.1) is 12.6 Å². The van der Waals surface area contributed by atoms with Crippen molar-refractivity contribution in [3.05, 3.63) is 20.8 Å². The van der Waals surface area contributed by atoms with Crippen LogP contribution in [-0.4, -0.2) is 32.6 Å². The third-order valence-electron chi connectivity index (χ3n) is 2.21. The van der Waals surface area contributed by atoms with Gasteiger partial charge in [-0.05, 0) is 34.4 Å². The Hall–Kier alpha value is -0.180. The maximum Gasteiger partial charge on any atom is 0.330 e. The smallest absolute Gasteiger partial charge is 0.330 e. The lowest BCUT2D eigenvalue weighted by Gasteiger charge is -2.19. The minimum atomic E-state index is -4.11. The van der Waals surface area contributed by atoms with Crippen LogP contribution in [0.5, 0.6) is 0 Å². The molecule has 1 aromatic heterocycles. The van der Waals surface area contributed by atoms with Crippen molar-refractivity contribution in [1.82, 2.24) is 5.32 Å². The molecule has 2 nitrogen and oxygen atoms in total. The van der Waals surface area contributed by atoms with E-state index in [-0.39, 0.29) is 12.6 Å². The Kier molecular flexibility index (Phi) is 6.03. The number of nitrogens with one attached hydrogen (secondary N) is 1. The maximum atomic E-state index is 12.6. The molecule has 0 aliphatic rings. The average molecular weight is 350 g/mol. The van der Waals surface area contributed by atoms with Crippen LogP contribution >= 0.6 is 27.3 Å². The highest BCUT2D eigenvalue weighted by Gasteiger charge is 2.41. The van der Waals surface area contributed by atoms with E-state index in [2.05, 4.69) is 26.0 Å². The van der Waals surface area contributed by atoms with E-state index < -0.39 is 19.0 Å². The molecule has 1 heterocycles. The molecular weight excluding hydrogens is 338 g/mol. The van der Waals surface area contributed by atoms with Crippen molar-refractivity contribution in [2.24, 2.45) is 0 Å². The number of halogens is 5. The van der Waals surface area contributed by atoms with Gasteiger partial charge in [-0.25, -0.2) is 8.78 Å². The highest BCUT2D eigenvalue weighted by atomic mass is 79.9. The predicted molar refractivity (Wildman–Crippen MR) is 65.6 cm³/mol. The summed E-state index contributed by atoms with van der Waals surface area (Å²) in [4.78, 5) is 0.873. The van der Waals surface area contributed by atoms with Crippen LogP contribution in [-0.2, 0) is 4.74 Å². The van der Waals surface area contributed by atoms with E-state index in [4.69, 9.17) is 0 Å². The number of hydrogen-bond acceptors (Lipinski definition) is 3. The van der Waals surface area contributed by atoms with Crippen LogP contribution in [0.1, 0.15) is 10.9 Å². The van der Waals surface area contributed by atoms with Crippen molar-refractivity contribution in [2.75, 3.05) is 20.3 Å². The first-order chi connectivity index (χ1) is 8.38. The van der Waals surface area contributed by atoms with Crippen LogP contribution in [0.3, 0.4) is 0 Å². The summed E-state index contributed by atoms with van der Waals surface area (Å²) in [5.41, 5.74) is 0. The minimum Gasteiger partial charge on any atom is -0.373 e. The first-order valence-electron chi connectivity index (χ1n) is 5.02. The van der Waals surface area contributed by atoms with Crippen LogP contribution in [0, 0.1) is 0 Å². The average Bonchev–Trinajstić information content (AvgIpc) is 2.71. The largest absolute Gasteiger partial charge is 0.373 e. The Morgan fingerprint density at radius 1 is 1.50 bits per heavy atom. The van der Waals surface area contributed by atoms with Gasteiger partial charge in [-0.1, -0.05) is 0 Å². The molecule has 0 aliphatic carbocycles. The first kappa shape index (κ1) is 15.9. The van der Waals surface area contributed by atoms with Gasteiger partial charge in [-0.15, -0.1) is 11.3 Å². The van der Waals surface area contributed by atoms with Crippen molar-refractivity contribution >= 4 is 27.3 Å². The lowest BCUT2D eigenvalue weighted by Crippen LogP contribution is -2.34. The van der Waals surface area contributed by atoms with E-state index in [1.165, 1.54) is 11.3 Å². The summed E-state index contributed by atoms with van der Waals surface area (Å²) in [7, 11) is 1.64. The summed E-state index contributed by atoms with van der Waals surface area (Å²) in [6.45, 7) is -1.39. The van der Waals surface area contributed by atoms with Gasteiger partial charge in [0.25, 0.3) is 0 Å². The number of rotatable bonds is 7. The molecule has 1 aromatic rings. The van der Waals surface area contributed by atoms with Crippen LogP contribution in [0.15, 0.2) is 15.9 Å². The van der Waals surface area contributed by atoms with E-state index in [0.717, 1.165) is 9.35 Å². The van der Waals surface area contributed by atoms with Gasteiger partial charge >= 0.3 is 12.3 Å². The summed E-state index contributed by atoms with van der Waals surface area (Å²) in [6.07, 6.45) is -3.71. The molecule has 8 heteroatoms. The van der Waals surface area contributed by atoms with Gasteiger partial charge in [0.15, 0.2) is 0 Å². The van der Waals surface area contributed by atoms with Crippen LogP contribution in [0.4, 0.5) is 17.6 Å². The number of hydrogen-bond donors (Lipinski definition) is 1. The molecule has 0 spiro atoms. The van der Waals surface area contributed by atoms with E-state index in [1.54, 1.807) is 7.05 Å². The lowest BCUT2D eigenvalue weighted by atomic mass is 10.2. The number of likely N-dealkylation sites (N-methyl/N-ethyl adjacent to an activating group) is 1. The standard InChI is InChI=1S/C10H12BrF4NOS/c1-16-7(8-6(11)2-3-18-8)4-17-5-10(14,15)9(12)13/h2-3,7,9,16H,4-5H2,1H3. The van der Waals surface area contributed by atoms with Crippen molar-refractivity contribution in [1.29, 1.82) is 0 Å². The highest BCUT2D eigenvalue weighted by Crippen LogP contribution is 2.30. The van der Waals surface area contributed by atoms with Crippen molar-refractivity contribution < 1.29 is 22.3 Å². The molecule has 0 aliphatic heterocycles. The fourth-order valence-corrected chi connectivity index (χ4v) is 2.97. The van der Waals surface area contributed by atoms with Gasteiger partial charge < -0.3 is 10.1 Å². The normalized spacial score (nSPS) is 14.2. The minimum absolute atomic E-state index is 0.0993. The zero-order chi connectivity index (χ0) is 13.8. The molecule has 1 unspecified atom stereocenters. The second-order valence-electron chi connectivity index (χ2n) is 3.55. The second-order valence-corrected chi connectivity index (χ2v) is 5.35. The number of ether oxygens (including phenoxy) is 1. The van der Waals surface area contributed by atoms with E-state index in [0.29, 0.717) is 0 Å². The fraction of sp³-hybridized carbons (Fsp3) is 0.600. The molecule has 0 amide bonds. The monoisotopic (exact) mass is 349 g/mol. The fourth-order valence-electron chi connectivity index (χ4n) is 1.22. The Labute approximate surface area is 114 Å². The Balaban J connectivity index is 2.49. The Morgan fingerprint density at radius 2 is 2.17 bits per heavy atom. The first-order valence-corrected chi connectivity index (χ1v) is 6.69. The highest BCUT2D eigenvalue weighted by molar-refractivity contribution is 9.10. The molecule has 0 saturated carbocycles. The number of alkyl halides is 4. The third kappa shape index (κ3) is 4.18. The maximum absolute atomic E-state index is 12.6. The van der Waals surface area contributed by atoms with Crippen LogP contribution in [0.2, 0.25) is 0 Å². The molecule has 0 fully saturated rings. The summed E-state index contributed by atoms with van der Waals surface area (Å²) in [6, 6.07) is 1.51. The van der Waals surface area contributed by atoms with Crippen molar-refractivity contribution in [2.45, 2.75) is 18.4 Å². The van der Waals surface area contributed by atoms with E-state index in [9.17, 15) is 17.6 Å². The SMILES string of the molecule is CNC(COCC(F)(F)C(F)F)c1sccc1Br. The lowest BCUT2D eigenvalue weighted by molar-refractivity contribution is -0.167. The van der Waals surface area contributed by atoms with Gasteiger partial charge in [0.2, 0.25) is 0 Å². The molecular formula is C10H12BrF4NOS. The Bertz CT molecular complexity index is 375. The molecule has 1 rings (SSSR count). The predicted octanol–water partition coefficient (Wildman–Crippen LogP) is 3.69. The van der Waals surface area contributed by atoms with Crippen LogP contribution in [0.25, 0.3) is 0 Å². The summed E-state index contributed by atoms with van der Waals surface area (Å²) in [5.74, 6) is -4.11. The zero-order valence-corrected chi connectivity index (χ0v) is 11.8. The molecule has 1 N–H and O–H groups in total. The van der Waals surface area contributed by atoms with Crippen molar-refractivity contribution in [3.63, 3.8) is 0 Å². The molecule has 0 saturated heterocycles. The zero-order valence-electron chi connectivity index (χ0n) is 9.43. The molecule has 104 valence electrons. The second kappa shape index (κ2) is 6.83. The van der Waals surface area contributed by atoms with Gasteiger partial charge in [0, 0.05) is 9.35 Å². The van der Waals surface area contributed by atoms with Crippen LogP contribution < -0.4 is 5.32 Å². The molecule has 0 bridgehead atoms.